The Morgan fingerprint density at radius 2 is 1.75 bits per heavy atom. The summed E-state index contributed by atoms with van der Waals surface area (Å²) in [6.07, 6.45) is 2.81. The van der Waals surface area contributed by atoms with E-state index in [4.69, 9.17) is 10.5 Å². The molecular formula is C28H31N3O. The Morgan fingerprint density at radius 3 is 2.47 bits per heavy atom. The lowest BCUT2D eigenvalue weighted by Crippen LogP contribution is -2.10. The summed E-state index contributed by atoms with van der Waals surface area (Å²) in [5.41, 5.74) is 14.3. The number of hydrogen-bond donors (Lipinski definition) is 2. The van der Waals surface area contributed by atoms with Crippen LogP contribution in [-0.2, 0) is 0 Å². The van der Waals surface area contributed by atoms with Gasteiger partial charge >= 0.3 is 0 Å². The van der Waals surface area contributed by atoms with Crippen LogP contribution in [0.5, 0.6) is 5.75 Å². The number of aromatic amines is 1. The van der Waals surface area contributed by atoms with E-state index in [2.05, 4.69) is 85.6 Å². The Hall–Kier alpha value is -3.37. The largest absolute Gasteiger partial charge is 0.492 e. The Kier molecular flexibility index (Phi) is 6.72. The molecule has 164 valence electrons. The maximum absolute atomic E-state index is 5.71. The fourth-order valence-corrected chi connectivity index (χ4v) is 4.29. The normalized spacial score (nSPS) is 12.3. The van der Waals surface area contributed by atoms with Gasteiger partial charge in [-0.3, -0.25) is 5.10 Å². The number of allylic oxidation sites excluding steroid dienone is 1. The van der Waals surface area contributed by atoms with Crippen LogP contribution in [0, 0.1) is 0 Å². The van der Waals surface area contributed by atoms with Crippen molar-refractivity contribution in [2.24, 2.45) is 5.73 Å². The number of benzene rings is 3. The molecule has 0 spiro atoms. The van der Waals surface area contributed by atoms with E-state index >= 15 is 0 Å². The lowest BCUT2D eigenvalue weighted by Gasteiger charge is -2.20. The average molecular weight is 426 g/mol. The zero-order valence-electron chi connectivity index (χ0n) is 19.1. The van der Waals surface area contributed by atoms with Crippen molar-refractivity contribution in [3.05, 3.63) is 95.2 Å². The van der Waals surface area contributed by atoms with Gasteiger partial charge in [-0.25, -0.2) is 0 Å². The lowest BCUT2D eigenvalue weighted by molar-refractivity contribution is 0.328. The lowest BCUT2D eigenvalue weighted by atomic mass is 9.84. The summed E-state index contributed by atoms with van der Waals surface area (Å²) in [5.74, 6) is 1.28. The summed E-state index contributed by atoms with van der Waals surface area (Å²) in [4.78, 5) is 0. The first kappa shape index (κ1) is 21.8. The van der Waals surface area contributed by atoms with Crippen LogP contribution >= 0.6 is 0 Å². The van der Waals surface area contributed by atoms with Gasteiger partial charge in [0, 0.05) is 11.9 Å². The molecule has 4 nitrogen and oxygen atoms in total. The van der Waals surface area contributed by atoms with E-state index in [0.29, 0.717) is 19.1 Å². The van der Waals surface area contributed by atoms with Gasteiger partial charge in [0.1, 0.15) is 12.4 Å². The second-order valence-electron chi connectivity index (χ2n) is 8.28. The first-order chi connectivity index (χ1) is 15.6. The molecule has 1 aromatic heterocycles. The zero-order valence-corrected chi connectivity index (χ0v) is 19.1. The standard InChI is InChI=1S/C28H31N3O/c1-4-24(26-8-6-5-7-25(26)19(2)3)28(20-9-12-23(13-10-20)32-16-15-29)21-11-14-27-22(17-21)18-30-31-27/h5-14,17-19H,4,15-16,29H2,1-3H3,(H,30,31)/b28-24+. The molecule has 4 aromatic rings. The predicted molar refractivity (Wildman–Crippen MR) is 134 cm³/mol. The van der Waals surface area contributed by atoms with Gasteiger partial charge in [0.05, 0.1) is 11.7 Å². The van der Waals surface area contributed by atoms with Crippen molar-refractivity contribution in [1.82, 2.24) is 10.2 Å². The van der Waals surface area contributed by atoms with Crippen molar-refractivity contribution in [3.8, 4) is 5.75 Å². The molecule has 0 fully saturated rings. The van der Waals surface area contributed by atoms with E-state index < -0.39 is 0 Å². The van der Waals surface area contributed by atoms with Crippen LogP contribution in [0.1, 0.15) is 55.4 Å². The molecule has 0 radical (unpaired) electrons. The van der Waals surface area contributed by atoms with Crippen LogP contribution < -0.4 is 10.5 Å². The minimum absolute atomic E-state index is 0.442. The molecule has 3 N–H and O–H groups in total. The van der Waals surface area contributed by atoms with Crippen LogP contribution in [0.15, 0.2) is 72.9 Å². The van der Waals surface area contributed by atoms with Crippen molar-refractivity contribution in [2.45, 2.75) is 33.1 Å². The van der Waals surface area contributed by atoms with Crippen molar-refractivity contribution >= 4 is 22.0 Å². The van der Waals surface area contributed by atoms with Crippen LogP contribution in [0.25, 0.3) is 22.0 Å². The molecule has 0 aliphatic rings. The Balaban J connectivity index is 1.94. The highest BCUT2D eigenvalue weighted by molar-refractivity contribution is 6.01. The number of aromatic nitrogens is 2. The quantitative estimate of drug-likeness (QED) is 0.321. The van der Waals surface area contributed by atoms with Gasteiger partial charge in [-0.15, -0.1) is 0 Å². The number of nitrogens with zero attached hydrogens (tertiary/aromatic N) is 1. The van der Waals surface area contributed by atoms with Crippen molar-refractivity contribution in [2.75, 3.05) is 13.2 Å². The third-order valence-corrected chi connectivity index (χ3v) is 5.82. The minimum Gasteiger partial charge on any atom is -0.492 e. The molecule has 0 aliphatic heterocycles. The van der Waals surface area contributed by atoms with Gasteiger partial charge in [-0.1, -0.05) is 63.2 Å². The van der Waals surface area contributed by atoms with Crippen LogP contribution in [-0.4, -0.2) is 23.3 Å². The van der Waals surface area contributed by atoms with Gasteiger partial charge in [0.25, 0.3) is 0 Å². The van der Waals surface area contributed by atoms with Crippen LogP contribution in [0.4, 0.5) is 0 Å². The summed E-state index contributed by atoms with van der Waals surface area (Å²) in [6, 6.07) is 23.6. The topological polar surface area (TPSA) is 63.9 Å². The highest BCUT2D eigenvalue weighted by atomic mass is 16.5. The van der Waals surface area contributed by atoms with Crippen LogP contribution in [0.2, 0.25) is 0 Å². The summed E-state index contributed by atoms with van der Waals surface area (Å²) >= 11 is 0. The number of hydrogen-bond acceptors (Lipinski definition) is 3. The second-order valence-corrected chi connectivity index (χ2v) is 8.28. The first-order valence-electron chi connectivity index (χ1n) is 11.3. The van der Waals surface area contributed by atoms with Gasteiger partial charge in [-0.2, -0.15) is 5.10 Å². The summed E-state index contributed by atoms with van der Waals surface area (Å²) in [6.45, 7) is 7.77. The molecule has 32 heavy (non-hydrogen) atoms. The number of ether oxygens (including phenoxy) is 1. The fraction of sp³-hybridized carbons (Fsp3) is 0.250. The number of nitrogens with two attached hydrogens (primary N) is 1. The molecular weight excluding hydrogens is 394 g/mol. The van der Waals surface area contributed by atoms with E-state index in [1.165, 1.54) is 33.4 Å². The minimum atomic E-state index is 0.442. The molecule has 4 rings (SSSR count). The number of H-pyrrole nitrogens is 1. The summed E-state index contributed by atoms with van der Waals surface area (Å²) < 4.78 is 5.71. The van der Waals surface area contributed by atoms with Gasteiger partial charge < -0.3 is 10.5 Å². The molecule has 3 aromatic carbocycles. The van der Waals surface area contributed by atoms with Gasteiger partial charge in [0.15, 0.2) is 0 Å². The van der Waals surface area contributed by atoms with Gasteiger partial charge in [-0.05, 0) is 70.0 Å². The van der Waals surface area contributed by atoms with E-state index in [1.54, 1.807) is 0 Å². The van der Waals surface area contributed by atoms with E-state index in [1.807, 2.05) is 18.3 Å². The molecule has 0 saturated carbocycles. The SMILES string of the molecule is CC/C(=C(/c1ccc(OCCN)cc1)c1ccc2[nH]ncc2c1)c1ccccc1C(C)C. The number of nitrogens with one attached hydrogen (secondary N) is 1. The number of rotatable bonds is 8. The highest BCUT2D eigenvalue weighted by Gasteiger charge is 2.17. The maximum Gasteiger partial charge on any atom is 0.119 e. The highest BCUT2D eigenvalue weighted by Crippen LogP contribution is 2.38. The molecule has 0 unspecified atom stereocenters. The summed E-state index contributed by atoms with van der Waals surface area (Å²) in [5, 5.41) is 8.37. The fourth-order valence-electron chi connectivity index (χ4n) is 4.29. The Morgan fingerprint density at radius 1 is 1.00 bits per heavy atom. The predicted octanol–water partition coefficient (Wildman–Crippen LogP) is 6.39. The molecule has 0 saturated heterocycles. The van der Waals surface area contributed by atoms with Crippen LogP contribution in [0.3, 0.4) is 0 Å². The summed E-state index contributed by atoms with van der Waals surface area (Å²) in [7, 11) is 0. The van der Waals surface area contributed by atoms with Crippen molar-refractivity contribution in [1.29, 1.82) is 0 Å². The van der Waals surface area contributed by atoms with E-state index in [0.717, 1.165) is 23.1 Å². The molecule has 4 heteroatoms. The Bertz CT molecular complexity index is 1220. The number of fused-ring (bicyclic) bond motifs is 1. The molecule has 0 bridgehead atoms. The van der Waals surface area contributed by atoms with Gasteiger partial charge in [0.2, 0.25) is 0 Å². The maximum atomic E-state index is 5.71. The average Bonchev–Trinajstić information content (AvgIpc) is 3.29. The molecule has 0 amide bonds. The second kappa shape index (κ2) is 9.84. The molecule has 0 atom stereocenters. The third-order valence-electron chi connectivity index (χ3n) is 5.82. The van der Waals surface area contributed by atoms with E-state index in [-0.39, 0.29) is 0 Å². The van der Waals surface area contributed by atoms with Crippen molar-refractivity contribution < 1.29 is 4.74 Å². The van der Waals surface area contributed by atoms with E-state index in [9.17, 15) is 0 Å². The van der Waals surface area contributed by atoms with Crippen molar-refractivity contribution in [3.63, 3.8) is 0 Å². The first-order valence-corrected chi connectivity index (χ1v) is 11.3. The monoisotopic (exact) mass is 425 g/mol. The zero-order chi connectivity index (χ0) is 22.5. The third kappa shape index (κ3) is 4.46. The molecule has 0 aliphatic carbocycles. The molecule has 1 heterocycles. The smallest absolute Gasteiger partial charge is 0.119 e. The Labute approximate surface area is 190 Å².